The smallest absolute Gasteiger partial charge is 0.105 e. The quantitative estimate of drug-likeness (QED) is 0.0719. The zero-order valence-corrected chi connectivity index (χ0v) is 25.7. The average molecular weight is 531 g/mol. The fourth-order valence-corrected chi connectivity index (χ4v) is 5.83. The van der Waals surface area contributed by atoms with E-state index in [0.29, 0.717) is 0 Å². The van der Waals surface area contributed by atoms with Gasteiger partial charge in [-0.3, -0.25) is 0 Å². The van der Waals surface area contributed by atoms with E-state index in [-0.39, 0.29) is 0 Å². The Bertz CT molecular complexity index is 777. The summed E-state index contributed by atoms with van der Waals surface area (Å²) in [6, 6.07) is 22.6. The van der Waals surface area contributed by atoms with Crippen LogP contribution >= 0.6 is 0 Å². The topological polar surface area (TPSA) is 0 Å². The lowest BCUT2D eigenvalue weighted by atomic mass is 10.0. The number of allylic oxidation sites excluding steroid dienone is 4. The van der Waals surface area contributed by atoms with Crippen LogP contribution in [0.2, 0.25) is 0 Å². The largest absolute Gasteiger partial charge is 0.316 e. The van der Waals surface area contributed by atoms with E-state index in [0.717, 1.165) is 13.1 Å². The molecule has 0 fully saturated rings. The van der Waals surface area contributed by atoms with E-state index >= 15 is 0 Å². The van der Waals surface area contributed by atoms with Gasteiger partial charge in [0.1, 0.15) is 13.1 Å². The van der Waals surface area contributed by atoms with Crippen molar-refractivity contribution in [2.24, 2.45) is 0 Å². The van der Waals surface area contributed by atoms with E-state index in [1.807, 2.05) is 0 Å². The summed E-state index contributed by atoms with van der Waals surface area (Å²) >= 11 is 0. The maximum atomic E-state index is 2.37. The van der Waals surface area contributed by atoms with Crippen molar-refractivity contribution in [1.82, 2.24) is 0 Å². The van der Waals surface area contributed by atoms with Gasteiger partial charge in [-0.15, -0.1) is 0 Å². The molecular formula is C38H60N+. The summed E-state index contributed by atoms with van der Waals surface area (Å²) in [7, 11) is 0. The Kier molecular flexibility index (Phi) is 19.2. The fraction of sp³-hybridized carbons (Fsp3) is 0.579. The maximum absolute atomic E-state index is 2.37. The predicted molar refractivity (Wildman–Crippen MR) is 174 cm³/mol. The molecule has 2 aromatic carbocycles. The highest BCUT2D eigenvalue weighted by molar-refractivity contribution is 5.15. The number of unbranched alkanes of at least 4 members (excludes halogenated alkanes) is 12. The van der Waals surface area contributed by atoms with Crippen molar-refractivity contribution >= 4 is 0 Å². The molecule has 0 N–H and O–H groups in total. The van der Waals surface area contributed by atoms with E-state index in [1.54, 1.807) is 0 Å². The SMILES string of the molecule is CC/C=C/CCCCCCCC[N+](CCCCCCCC/C=C/CC)(Cc1ccccc1)Cc1ccccc1. The molecule has 0 saturated carbocycles. The highest BCUT2D eigenvalue weighted by atomic mass is 15.3. The molecule has 0 unspecified atom stereocenters. The number of quaternary nitrogens is 1. The predicted octanol–water partition coefficient (Wildman–Crippen LogP) is 11.6. The molecule has 0 saturated heterocycles. The first-order valence-corrected chi connectivity index (χ1v) is 16.5. The minimum Gasteiger partial charge on any atom is -0.316 e. The van der Waals surface area contributed by atoms with Gasteiger partial charge in [0, 0.05) is 11.1 Å². The van der Waals surface area contributed by atoms with Crippen molar-refractivity contribution in [3.63, 3.8) is 0 Å². The maximum Gasteiger partial charge on any atom is 0.105 e. The molecule has 0 aromatic heterocycles. The zero-order valence-electron chi connectivity index (χ0n) is 25.7. The van der Waals surface area contributed by atoms with Gasteiger partial charge in [-0.2, -0.15) is 0 Å². The van der Waals surface area contributed by atoms with Crippen LogP contribution in [0.1, 0.15) is 128 Å². The van der Waals surface area contributed by atoms with E-state index in [4.69, 9.17) is 0 Å². The van der Waals surface area contributed by atoms with Crippen molar-refractivity contribution in [1.29, 1.82) is 0 Å². The van der Waals surface area contributed by atoms with Gasteiger partial charge in [0.05, 0.1) is 13.1 Å². The molecule has 0 aliphatic carbocycles. The molecule has 0 bridgehead atoms. The van der Waals surface area contributed by atoms with Crippen LogP contribution in [0, 0.1) is 0 Å². The van der Waals surface area contributed by atoms with Crippen LogP contribution in [0.5, 0.6) is 0 Å². The number of rotatable bonds is 24. The number of nitrogens with zero attached hydrogens (tertiary/aromatic N) is 1. The lowest BCUT2D eigenvalue weighted by Gasteiger charge is -2.39. The first kappa shape index (κ1) is 33.1. The lowest BCUT2D eigenvalue weighted by molar-refractivity contribution is -0.954. The van der Waals surface area contributed by atoms with Crippen LogP contribution in [0.25, 0.3) is 0 Å². The van der Waals surface area contributed by atoms with E-state index in [2.05, 4.69) is 98.8 Å². The summed E-state index contributed by atoms with van der Waals surface area (Å²) in [6.45, 7) is 9.35. The third-order valence-electron chi connectivity index (χ3n) is 8.03. The van der Waals surface area contributed by atoms with Crippen LogP contribution < -0.4 is 0 Å². The molecular weight excluding hydrogens is 470 g/mol. The summed E-state index contributed by atoms with van der Waals surface area (Å²) in [5.41, 5.74) is 2.99. The van der Waals surface area contributed by atoms with E-state index in [9.17, 15) is 0 Å². The van der Waals surface area contributed by atoms with Crippen LogP contribution in [-0.4, -0.2) is 17.6 Å². The minimum atomic E-state index is 1.16. The summed E-state index contributed by atoms with van der Waals surface area (Å²) in [5.74, 6) is 0. The Hall–Kier alpha value is -2.12. The van der Waals surface area contributed by atoms with Gasteiger partial charge in [-0.05, 0) is 64.2 Å². The minimum absolute atomic E-state index is 1.16. The third kappa shape index (κ3) is 16.6. The van der Waals surface area contributed by atoms with Crippen molar-refractivity contribution in [3.8, 4) is 0 Å². The first-order chi connectivity index (χ1) is 19.3. The zero-order chi connectivity index (χ0) is 27.7. The fourth-order valence-electron chi connectivity index (χ4n) is 5.83. The van der Waals surface area contributed by atoms with Gasteiger partial charge in [-0.1, -0.05) is 137 Å². The van der Waals surface area contributed by atoms with Gasteiger partial charge < -0.3 is 4.48 Å². The number of hydrogen-bond donors (Lipinski definition) is 0. The monoisotopic (exact) mass is 530 g/mol. The van der Waals surface area contributed by atoms with E-state index in [1.165, 1.54) is 131 Å². The third-order valence-corrected chi connectivity index (χ3v) is 8.03. The summed E-state index contributed by atoms with van der Waals surface area (Å²) in [6.07, 6.45) is 30.7. The molecule has 0 amide bonds. The summed E-state index contributed by atoms with van der Waals surface area (Å²) in [5, 5.41) is 0. The van der Waals surface area contributed by atoms with Gasteiger partial charge in [-0.25, -0.2) is 0 Å². The highest BCUT2D eigenvalue weighted by Gasteiger charge is 2.27. The summed E-state index contributed by atoms with van der Waals surface area (Å²) in [4.78, 5) is 0. The average Bonchev–Trinajstić information content (AvgIpc) is 2.96. The van der Waals surface area contributed by atoms with Gasteiger partial charge >= 0.3 is 0 Å². The standard InChI is InChI=1S/C38H60N/c1-3-5-7-9-11-13-15-17-19-27-33-39(35-37-29-23-21-24-30-37,36-38-31-25-22-26-32-38)34-28-20-18-16-14-12-10-8-6-4-2/h5-8,21-26,29-32H,3-4,9-20,27-28,33-36H2,1-2H3/q+1/b7-5+,8-6+. The highest BCUT2D eigenvalue weighted by Crippen LogP contribution is 2.24. The van der Waals surface area contributed by atoms with Gasteiger partial charge in [0.2, 0.25) is 0 Å². The molecule has 1 heteroatoms. The molecule has 2 aromatic rings. The Morgan fingerprint density at radius 2 is 0.795 bits per heavy atom. The molecule has 0 radical (unpaired) electrons. The molecule has 0 atom stereocenters. The molecule has 39 heavy (non-hydrogen) atoms. The molecule has 0 spiro atoms. The second kappa shape index (κ2) is 22.7. The Labute approximate surface area is 243 Å². The Morgan fingerprint density at radius 3 is 1.18 bits per heavy atom. The molecule has 0 aliphatic heterocycles. The second-order valence-electron chi connectivity index (χ2n) is 11.7. The Morgan fingerprint density at radius 1 is 0.436 bits per heavy atom. The molecule has 216 valence electrons. The first-order valence-electron chi connectivity index (χ1n) is 16.5. The normalized spacial score (nSPS) is 12.2. The number of hydrogen-bond acceptors (Lipinski definition) is 0. The lowest BCUT2D eigenvalue weighted by Crippen LogP contribution is -2.48. The van der Waals surface area contributed by atoms with Crippen molar-refractivity contribution in [3.05, 3.63) is 96.1 Å². The van der Waals surface area contributed by atoms with Crippen molar-refractivity contribution < 1.29 is 4.48 Å². The van der Waals surface area contributed by atoms with Crippen LogP contribution in [-0.2, 0) is 13.1 Å². The van der Waals surface area contributed by atoms with Crippen molar-refractivity contribution in [2.45, 2.75) is 130 Å². The van der Waals surface area contributed by atoms with Gasteiger partial charge in [0.15, 0.2) is 0 Å². The molecule has 1 nitrogen and oxygen atoms in total. The van der Waals surface area contributed by atoms with Crippen LogP contribution in [0.15, 0.2) is 85.0 Å². The van der Waals surface area contributed by atoms with Crippen molar-refractivity contribution in [2.75, 3.05) is 13.1 Å². The van der Waals surface area contributed by atoms with E-state index < -0.39 is 0 Å². The van der Waals surface area contributed by atoms with Gasteiger partial charge in [0.25, 0.3) is 0 Å². The van der Waals surface area contributed by atoms with Crippen LogP contribution in [0.3, 0.4) is 0 Å². The Balaban J connectivity index is 1.91. The molecule has 0 aliphatic rings. The second-order valence-corrected chi connectivity index (χ2v) is 11.7. The van der Waals surface area contributed by atoms with Crippen LogP contribution in [0.4, 0.5) is 0 Å². The molecule has 2 rings (SSSR count). The summed E-state index contributed by atoms with van der Waals surface area (Å²) < 4.78 is 1.21. The molecule has 0 heterocycles. The number of benzene rings is 2.